The number of ether oxygens (including phenoxy) is 2. The molecule has 0 aliphatic carbocycles. The van der Waals surface area contributed by atoms with Crippen LogP contribution in [-0.2, 0) is 9.47 Å². The predicted octanol–water partition coefficient (Wildman–Crippen LogP) is -1.20. The highest BCUT2D eigenvalue weighted by molar-refractivity contribution is 5.72. The van der Waals surface area contributed by atoms with Gasteiger partial charge in [0.15, 0.2) is 0 Å². The lowest BCUT2D eigenvalue weighted by Crippen LogP contribution is -2.28. The van der Waals surface area contributed by atoms with Gasteiger partial charge < -0.3 is 42.0 Å². The van der Waals surface area contributed by atoms with Gasteiger partial charge in [-0.3, -0.25) is 0 Å². The summed E-state index contributed by atoms with van der Waals surface area (Å²) in [5, 5.41) is 23.4. The van der Waals surface area contributed by atoms with E-state index in [-0.39, 0.29) is 12.1 Å². The Morgan fingerprint density at radius 1 is 1.33 bits per heavy atom. The van der Waals surface area contributed by atoms with Gasteiger partial charge in [-0.1, -0.05) is 0 Å². The number of epoxide rings is 1. The molecule has 1 aliphatic rings. The number of nitriles is 1. The molecule has 0 spiro atoms. The lowest BCUT2D eigenvalue weighted by atomic mass is 10.4. The van der Waals surface area contributed by atoms with Crippen LogP contribution in [0.15, 0.2) is 0 Å². The Labute approximate surface area is 146 Å². The number of hydrogen-bond acceptors (Lipinski definition) is 8. The molecule has 1 aliphatic heterocycles. The van der Waals surface area contributed by atoms with Gasteiger partial charge in [0, 0.05) is 20.6 Å². The Bertz CT molecular complexity index is 240. The summed E-state index contributed by atoms with van der Waals surface area (Å²) >= 11 is 0. The van der Waals surface area contributed by atoms with E-state index < -0.39 is 0 Å². The van der Waals surface area contributed by atoms with Crippen molar-refractivity contribution in [3.8, 4) is 6.26 Å². The van der Waals surface area contributed by atoms with Crippen LogP contribution in [0.3, 0.4) is 0 Å². The predicted molar refractivity (Wildman–Crippen MR) is 97.4 cm³/mol. The number of amides is 2. The Morgan fingerprint density at radius 2 is 1.62 bits per heavy atom. The third-order valence-electron chi connectivity index (χ3n) is 1.54. The summed E-state index contributed by atoms with van der Waals surface area (Å²) in [6, 6.07) is -0.157. The van der Waals surface area contributed by atoms with Gasteiger partial charge >= 0.3 is 6.03 Å². The fourth-order valence-electron chi connectivity index (χ4n) is 0.517. The minimum atomic E-state index is -0.213. The van der Waals surface area contributed by atoms with Crippen molar-refractivity contribution in [3.05, 3.63) is 0 Å². The topological polar surface area (TPSA) is 171 Å². The molecule has 8 N–H and O–H groups in total. The quantitative estimate of drug-likeness (QED) is 0.265. The molecule has 0 radical (unpaired) electrons. The smallest absolute Gasteiger partial charge is 0.314 e. The monoisotopic (exact) mass is 354 g/mol. The van der Waals surface area contributed by atoms with Crippen molar-refractivity contribution in [3.63, 3.8) is 0 Å². The minimum absolute atomic E-state index is 0.157. The van der Waals surface area contributed by atoms with Crippen molar-refractivity contribution in [1.29, 1.82) is 5.26 Å². The first-order chi connectivity index (χ1) is 11.4. The molecule has 148 valence electrons. The van der Waals surface area contributed by atoms with Crippen molar-refractivity contribution in [2.75, 3.05) is 55.5 Å². The molecule has 1 rings (SSSR count). The van der Waals surface area contributed by atoms with Gasteiger partial charge in [0.25, 0.3) is 6.26 Å². The second kappa shape index (κ2) is 37.5. The van der Waals surface area contributed by atoms with Crippen LogP contribution < -0.4 is 27.4 Å². The minimum Gasteiger partial charge on any atom is -0.431 e. The van der Waals surface area contributed by atoms with E-state index in [0.29, 0.717) is 12.6 Å². The molecule has 0 aromatic heterocycles. The summed E-state index contributed by atoms with van der Waals surface area (Å²) in [4.78, 5) is 9.96. The van der Waals surface area contributed by atoms with Gasteiger partial charge in [-0.15, -0.1) is 0 Å². The Hall–Kier alpha value is -1.64. The fraction of sp³-hybridized carbons (Fsp3) is 0.857. The van der Waals surface area contributed by atoms with Crippen LogP contribution in [0.5, 0.6) is 0 Å². The molecule has 2 amide bonds. The molecular formula is C14H38N6O4. The number of nitrogens with two attached hydrogens (primary N) is 2. The second-order valence-electron chi connectivity index (χ2n) is 3.68. The van der Waals surface area contributed by atoms with Crippen molar-refractivity contribution in [1.82, 2.24) is 16.0 Å². The lowest BCUT2D eigenvalue weighted by molar-refractivity contribution is 0.194. The van der Waals surface area contributed by atoms with Crippen molar-refractivity contribution in [2.24, 2.45) is 11.5 Å². The summed E-state index contributed by atoms with van der Waals surface area (Å²) in [5.74, 6) is 0. The van der Waals surface area contributed by atoms with Crippen molar-refractivity contribution in [2.45, 2.75) is 26.1 Å². The van der Waals surface area contributed by atoms with E-state index in [9.17, 15) is 4.79 Å². The summed E-state index contributed by atoms with van der Waals surface area (Å²) < 4.78 is 8.56. The molecular weight excluding hydrogens is 316 g/mol. The first-order valence-corrected chi connectivity index (χ1v) is 7.30. The molecule has 1 heterocycles. The summed E-state index contributed by atoms with van der Waals surface area (Å²) in [7, 11) is 9.27. The summed E-state index contributed by atoms with van der Waals surface area (Å²) in [6.07, 6.45) is 1.80. The zero-order valence-corrected chi connectivity index (χ0v) is 16.3. The fourth-order valence-corrected chi connectivity index (χ4v) is 0.517. The number of nitrogens with one attached hydrogen (secondary N) is 3. The maximum Gasteiger partial charge on any atom is 0.314 e. The Kier molecular flexibility index (Phi) is 52.9. The Balaban J connectivity index is -0.0000000631. The number of urea groups is 1. The maximum absolute atomic E-state index is 9.96. The van der Waals surface area contributed by atoms with Crippen LogP contribution in [0.1, 0.15) is 13.8 Å². The molecule has 24 heavy (non-hydrogen) atoms. The summed E-state index contributed by atoms with van der Waals surface area (Å²) in [5.41, 5.74) is 9.00. The van der Waals surface area contributed by atoms with Gasteiger partial charge in [0.1, 0.15) is 0 Å². The molecule has 2 atom stereocenters. The summed E-state index contributed by atoms with van der Waals surface area (Å²) in [6.45, 7) is 5.47. The highest BCUT2D eigenvalue weighted by atomic mass is 16.6. The maximum atomic E-state index is 9.96. The number of likely N-dealkylation sites (N-methyl/N-ethyl adjacent to an activating group) is 1. The number of aliphatic hydroxyl groups is 1. The molecule has 1 saturated heterocycles. The molecule has 0 saturated carbocycles. The normalized spacial score (nSPS) is 13.2. The third kappa shape index (κ3) is 87.1. The average molecular weight is 354 g/mol. The molecule has 0 aromatic rings. The van der Waals surface area contributed by atoms with Crippen LogP contribution in [-0.4, -0.2) is 78.8 Å². The number of hydrogen-bond donors (Lipinski definition) is 6. The first-order valence-electron chi connectivity index (χ1n) is 7.30. The van der Waals surface area contributed by atoms with Crippen LogP contribution in [0.2, 0.25) is 0 Å². The van der Waals surface area contributed by atoms with E-state index in [1.165, 1.54) is 27.5 Å². The van der Waals surface area contributed by atoms with E-state index >= 15 is 0 Å². The van der Waals surface area contributed by atoms with Crippen molar-refractivity contribution < 1.29 is 19.4 Å². The highest BCUT2D eigenvalue weighted by Gasteiger charge is 2.13. The third-order valence-corrected chi connectivity index (χ3v) is 1.54. The molecule has 10 nitrogen and oxygen atoms in total. The molecule has 10 heteroatoms. The average Bonchev–Trinajstić information content (AvgIpc) is 3.41. The number of carbonyl (C=O) groups excluding carboxylic acids is 1. The van der Waals surface area contributed by atoms with E-state index in [1.54, 1.807) is 21.0 Å². The molecule has 1 fully saturated rings. The molecule has 0 aromatic carbocycles. The number of rotatable bonds is 2. The number of carbonyl (C=O) groups is 1. The first kappa shape index (κ1) is 33.9. The SMILES string of the molecule is CC1CO1.CN.CN.CNC(=O)NC.CNCC(C)O.COC#N. The van der Waals surface area contributed by atoms with E-state index in [4.69, 9.17) is 15.1 Å². The molecule has 2 unspecified atom stereocenters. The van der Waals surface area contributed by atoms with E-state index in [1.807, 2.05) is 7.05 Å². The van der Waals surface area contributed by atoms with Gasteiger partial charge in [-0.05, 0) is 35.0 Å². The lowest BCUT2D eigenvalue weighted by Gasteiger charge is -1.97. The van der Waals surface area contributed by atoms with Crippen LogP contribution in [0.4, 0.5) is 4.79 Å². The standard InChI is InChI=1S/C4H11NO.C3H8N2O.C3H6O.C2H3NO.2CH5N/c1-4(6)3-5-2;1-4-3(6)5-2;1-3-2-4-3;1-4-2-3;2*1-2/h4-6H,3H2,1-2H3;1-2H3,(H2,4,5,6);3H,2H2,1H3;1H3;2*2H2,1H3. The number of methoxy groups -OCH3 is 1. The van der Waals surface area contributed by atoms with Crippen LogP contribution in [0, 0.1) is 11.5 Å². The highest BCUT2D eigenvalue weighted by Crippen LogP contribution is 2.04. The van der Waals surface area contributed by atoms with Crippen LogP contribution in [0.25, 0.3) is 0 Å². The van der Waals surface area contributed by atoms with E-state index in [2.05, 4.69) is 39.1 Å². The largest absolute Gasteiger partial charge is 0.431 e. The van der Waals surface area contributed by atoms with Gasteiger partial charge in [0.05, 0.1) is 25.9 Å². The number of aliphatic hydroxyl groups excluding tert-OH is 1. The Morgan fingerprint density at radius 3 is 1.62 bits per heavy atom. The zero-order valence-electron chi connectivity index (χ0n) is 16.3. The van der Waals surface area contributed by atoms with E-state index in [0.717, 1.165) is 6.61 Å². The second-order valence-corrected chi connectivity index (χ2v) is 3.68. The van der Waals surface area contributed by atoms with Crippen molar-refractivity contribution >= 4 is 6.03 Å². The number of nitrogens with zero attached hydrogens (tertiary/aromatic N) is 1. The molecule has 0 bridgehead atoms. The zero-order chi connectivity index (χ0) is 20.4. The van der Waals surface area contributed by atoms with Gasteiger partial charge in [-0.2, -0.15) is 5.26 Å². The van der Waals surface area contributed by atoms with Gasteiger partial charge in [-0.25, -0.2) is 4.79 Å². The van der Waals surface area contributed by atoms with Crippen LogP contribution >= 0.6 is 0 Å². The van der Waals surface area contributed by atoms with Gasteiger partial charge in [0.2, 0.25) is 0 Å².